The molecule has 0 unspecified atom stereocenters. The average molecular weight is 406 g/mol. The summed E-state index contributed by atoms with van der Waals surface area (Å²) < 4.78 is 11.4. The summed E-state index contributed by atoms with van der Waals surface area (Å²) in [5.41, 5.74) is -0.522. The smallest absolute Gasteiger partial charge is 0.344 e. The molecule has 1 amide bonds. The van der Waals surface area contributed by atoms with Crippen LogP contribution in [-0.2, 0) is 0 Å². The molecule has 2 fully saturated rings. The Morgan fingerprint density at radius 1 is 1.17 bits per heavy atom. The number of piperidine rings is 1. The summed E-state index contributed by atoms with van der Waals surface area (Å²) in [7, 11) is 0. The number of carbonyl (C=O) groups is 1. The minimum absolute atomic E-state index is 0.0220. The SMILES string of the molecule is O=C(c1cc2ccccc2c(=O)o1)N1C[C@H](Oc2ccccn2)[C@H]2C[C@@H]1CC[C@H]2O. The Morgan fingerprint density at radius 3 is 2.83 bits per heavy atom. The van der Waals surface area contributed by atoms with E-state index in [1.165, 1.54) is 0 Å². The summed E-state index contributed by atoms with van der Waals surface area (Å²) >= 11 is 0. The molecule has 2 bridgehead atoms. The molecule has 30 heavy (non-hydrogen) atoms. The first-order valence-corrected chi connectivity index (χ1v) is 10.2. The van der Waals surface area contributed by atoms with Crippen LogP contribution in [0.15, 0.2) is 63.9 Å². The molecule has 1 saturated heterocycles. The molecule has 2 aromatic heterocycles. The number of rotatable bonds is 3. The van der Waals surface area contributed by atoms with E-state index in [1.54, 1.807) is 47.5 Å². The van der Waals surface area contributed by atoms with Crippen LogP contribution in [-0.4, -0.2) is 45.7 Å². The van der Waals surface area contributed by atoms with Crippen LogP contribution in [0.5, 0.6) is 5.88 Å². The summed E-state index contributed by atoms with van der Waals surface area (Å²) in [6.45, 7) is 0.304. The predicted molar refractivity (Wildman–Crippen MR) is 109 cm³/mol. The second-order valence-corrected chi connectivity index (χ2v) is 7.97. The third kappa shape index (κ3) is 3.35. The van der Waals surface area contributed by atoms with Crippen LogP contribution in [0.2, 0.25) is 0 Å². The second kappa shape index (κ2) is 7.57. The molecule has 1 aliphatic heterocycles. The molecule has 2 aliphatic rings. The monoisotopic (exact) mass is 406 g/mol. The Bertz CT molecular complexity index is 1130. The third-order valence-electron chi connectivity index (χ3n) is 6.18. The van der Waals surface area contributed by atoms with E-state index in [2.05, 4.69) is 4.98 Å². The van der Waals surface area contributed by atoms with Crippen LogP contribution in [0.1, 0.15) is 29.8 Å². The van der Waals surface area contributed by atoms with Crippen molar-refractivity contribution in [2.45, 2.75) is 37.5 Å². The van der Waals surface area contributed by atoms with Gasteiger partial charge in [0.15, 0.2) is 5.76 Å². The van der Waals surface area contributed by atoms with E-state index in [-0.39, 0.29) is 29.7 Å². The number of ether oxygens (including phenoxy) is 1. The molecular formula is C23H22N2O5. The predicted octanol–water partition coefficient (Wildman–Crippen LogP) is 2.62. The van der Waals surface area contributed by atoms with Gasteiger partial charge >= 0.3 is 5.63 Å². The number of hydrogen-bond donors (Lipinski definition) is 1. The summed E-state index contributed by atoms with van der Waals surface area (Å²) in [4.78, 5) is 31.6. The lowest BCUT2D eigenvalue weighted by atomic mass is 9.76. The lowest BCUT2D eigenvalue weighted by Crippen LogP contribution is -2.59. The molecule has 3 heterocycles. The summed E-state index contributed by atoms with van der Waals surface area (Å²) in [6.07, 6.45) is 2.74. The first-order chi connectivity index (χ1) is 14.6. The van der Waals surface area contributed by atoms with Crippen molar-refractivity contribution in [2.24, 2.45) is 5.92 Å². The van der Waals surface area contributed by atoms with E-state index in [0.717, 1.165) is 0 Å². The molecule has 1 aliphatic carbocycles. The molecule has 154 valence electrons. The summed E-state index contributed by atoms with van der Waals surface area (Å²) in [5, 5.41) is 11.6. The Labute approximate surface area is 172 Å². The first kappa shape index (κ1) is 18.8. The van der Waals surface area contributed by atoms with Gasteiger partial charge in [-0.1, -0.05) is 24.3 Å². The maximum absolute atomic E-state index is 13.3. The lowest BCUT2D eigenvalue weighted by Gasteiger charge is -2.48. The van der Waals surface area contributed by atoms with E-state index in [0.29, 0.717) is 42.5 Å². The Balaban J connectivity index is 1.46. The highest BCUT2D eigenvalue weighted by atomic mass is 16.5. The first-order valence-electron chi connectivity index (χ1n) is 10.2. The number of nitrogens with zero attached hydrogens (tertiary/aromatic N) is 2. The topological polar surface area (TPSA) is 92.9 Å². The summed E-state index contributed by atoms with van der Waals surface area (Å²) in [6, 6.07) is 14.0. The van der Waals surface area contributed by atoms with Crippen molar-refractivity contribution in [3.63, 3.8) is 0 Å². The van der Waals surface area contributed by atoms with Gasteiger partial charge < -0.3 is 19.2 Å². The number of carbonyl (C=O) groups excluding carboxylic acids is 1. The van der Waals surface area contributed by atoms with Gasteiger partial charge in [0.05, 0.1) is 18.0 Å². The van der Waals surface area contributed by atoms with Crippen LogP contribution in [0, 0.1) is 5.92 Å². The van der Waals surface area contributed by atoms with E-state index in [4.69, 9.17) is 9.15 Å². The zero-order valence-corrected chi connectivity index (χ0v) is 16.3. The highest BCUT2D eigenvalue weighted by Crippen LogP contribution is 2.37. The fourth-order valence-corrected chi connectivity index (χ4v) is 4.65. The van der Waals surface area contributed by atoms with Crippen LogP contribution in [0.4, 0.5) is 0 Å². The van der Waals surface area contributed by atoms with Gasteiger partial charge in [0.1, 0.15) is 6.10 Å². The zero-order valence-electron chi connectivity index (χ0n) is 16.3. The van der Waals surface area contributed by atoms with Gasteiger partial charge in [-0.25, -0.2) is 9.78 Å². The number of aliphatic hydroxyl groups is 1. The van der Waals surface area contributed by atoms with E-state index in [9.17, 15) is 14.7 Å². The van der Waals surface area contributed by atoms with Crippen molar-refractivity contribution < 1.29 is 19.1 Å². The highest BCUT2D eigenvalue weighted by molar-refractivity contribution is 5.95. The molecule has 1 aromatic carbocycles. The van der Waals surface area contributed by atoms with E-state index < -0.39 is 11.7 Å². The van der Waals surface area contributed by atoms with Gasteiger partial charge in [0.25, 0.3) is 5.91 Å². The molecule has 0 spiro atoms. The Hall–Kier alpha value is -3.19. The van der Waals surface area contributed by atoms with Crippen molar-refractivity contribution in [3.05, 3.63) is 70.9 Å². The second-order valence-electron chi connectivity index (χ2n) is 7.97. The highest BCUT2D eigenvalue weighted by Gasteiger charge is 2.46. The quantitative estimate of drug-likeness (QED) is 0.719. The summed E-state index contributed by atoms with van der Waals surface area (Å²) in [5.74, 6) is 0.0916. The number of amides is 1. The molecule has 7 nitrogen and oxygen atoms in total. The van der Waals surface area contributed by atoms with Crippen LogP contribution >= 0.6 is 0 Å². The molecular weight excluding hydrogens is 384 g/mol. The van der Waals surface area contributed by atoms with Gasteiger partial charge in [-0.15, -0.1) is 0 Å². The minimum Gasteiger partial charge on any atom is -0.472 e. The van der Waals surface area contributed by atoms with Crippen molar-refractivity contribution in [2.75, 3.05) is 6.54 Å². The molecule has 0 radical (unpaired) electrons. The normalized spacial score (nSPS) is 25.8. The number of fused-ring (bicyclic) bond motifs is 3. The van der Waals surface area contributed by atoms with E-state index >= 15 is 0 Å². The van der Waals surface area contributed by atoms with Gasteiger partial charge in [-0.3, -0.25) is 4.79 Å². The van der Waals surface area contributed by atoms with Gasteiger partial charge in [-0.2, -0.15) is 0 Å². The number of hydrogen-bond acceptors (Lipinski definition) is 6. The Morgan fingerprint density at radius 2 is 2.00 bits per heavy atom. The molecule has 1 N–H and O–H groups in total. The van der Waals surface area contributed by atoms with E-state index in [1.807, 2.05) is 12.1 Å². The lowest BCUT2D eigenvalue weighted by molar-refractivity contribution is -0.0716. The standard InChI is InChI=1S/C23H22N2O5/c26-18-9-8-15-12-17(18)20(29-21-7-3-4-10-24-21)13-25(15)22(27)19-11-14-5-1-2-6-16(14)23(28)30-19/h1-7,10-11,15,17-18,20,26H,8-9,12-13H2/t15-,17-,18+,20-/m0/s1. The van der Waals surface area contributed by atoms with Crippen molar-refractivity contribution >= 4 is 16.7 Å². The molecule has 1 saturated carbocycles. The average Bonchev–Trinajstić information content (AvgIpc) is 2.77. The number of benzene rings is 1. The number of pyridine rings is 1. The van der Waals surface area contributed by atoms with Crippen LogP contribution < -0.4 is 10.4 Å². The fourth-order valence-electron chi connectivity index (χ4n) is 4.65. The van der Waals surface area contributed by atoms with Gasteiger partial charge in [0.2, 0.25) is 5.88 Å². The maximum Gasteiger partial charge on any atom is 0.344 e. The van der Waals surface area contributed by atoms with Crippen molar-refractivity contribution in [1.82, 2.24) is 9.88 Å². The van der Waals surface area contributed by atoms with Crippen molar-refractivity contribution in [1.29, 1.82) is 0 Å². The number of aliphatic hydroxyl groups excluding tert-OH is 1. The molecule has 5 rings (SSSR count). The fraction of sp³-hybridized carbons (Fsp3) is 0.348. The van der Waals surface area contributed by atoms with Gasteiger partial charge in [-0.05, 0) is 42.8 Å². The van der Waals surface area contributed by atoms with Crippen LogP contribution in [0.25, 0.3) is 10.8 Å². The largest absolute Gasteiger partial charge is 0.472 e. The van der Waals surface area contributed by atoms with Crippen LogP contribution in [0.3, 0.4) is 0 Å². The Kier molecular flexibility index (Phi) is 4.75. The molecule has 4 atom stereocenters. The maximum atomic E-state index is 13.3. The third-order valence-corrected chi connectivity index (χ3v) is 6.18. The zero-order chi connectivity index (χ0) is 20.7. The van der Waals surface area contributed by atoms with Gasteiger partial charge in [0, 0.05) is 24.2 Å². The number of likely N-dealkylation sites (tertiary alicyclic amines) is 1. The molecule has 7 heteroatoms. The van der Waals surface area contributed by atoms with Crippen molar-refractivity contribution in [3.8, 4) is 5.88 Å². The number of aromatic nitrogens is 1. The minimum atomic E-state index is -0.522. The molecule has 3 aromatic rings.